The van der Waals surface area contributed by atoms with E-state index < -0.39 is 0 Å². The quantitative estimate of drug-likeness (QED) is 0.863. The van der Waals surface area contributed by atoms with Crippen LogP contribution in [0.4, 0.5) is 11.4 Å². The molecule has 1 heterocycles. The van der Waals surface area contributed by atoms with Crippen LogP contribution < -0.4 is 10.6 Å². The summed E-state index contributed by atoms with van der Waals surface area (Å²) < 4.78 is 6.02. The molecule has 0 spiro atoms. The molecule has 1 aliphatic rings. The van der Waals surface area contributed by atoms with Gasteiger partial charge in [-0.05, 0) is 42.7 Å². The van der Waals surface area contributed by atoms with Crippen LogP contribution >= 0.6 is 11.6 Å². The van der Waals surface area contributed by atoms with Crippen molar-refractivity contribution < 1.29 is 4.74 Å². The lowest BCUT2D eigenvalue weighted by Gasteiger charge is -2.34. The number of benzene rings is 2. The molecule has 0 saturated carbocycles. The third kappa shape index (κ3) is 3.73. The van der Waals surface area contributed by atoms with Crippen LogP contribution in [0.25, 0.3) is 0 Å². The molecule has 0 atom stereocenters. The Morgan fingerprint density at radius 2 is 1.86 bits per heavy atom. The summed E-state index contributed by atoms with van der Waals surface area (Å²) in [6.07, 6.45) is 2.35. The summed E-state index contributed by atoms with van der Waals surface area (Å²) in [5.74, 6) is 0. The van der Waals surface area contributed by atoms with E-state index in [9.17, 15) is 0 Å². The molecule has 0 unspecified atom stereocenters. The van der Waals surface area contributed by atoms with Crippen molar-refractivity contribution >= 4 is 23.0 Å². The molecular formula is C18H21ClN2O. The van der Waals surface area contributed by atoms with Gasteiger partial charge in [-0.15, -0.1) is 0 Å². The number of halogens is 1. The molecule has 116 valence electrons. The van der Waals surface area contributed by atoms with Crippen LogP contribution in [0, 0.1) is 0 Å². The maximum absolute atomic E-state index is 6.05. The highest BCUT2D eigenvalue weighted by atomic mass is 35.5. The van der Waals surface area contributed by atoms with E-state index in [1.54, 1.807) is 0 Å². The van der Waals surface area contributed by atoms with Gasteiger partial charge >= 0.3 is 0 Å². The number of anilines is 2. The number of hydrogen-bond donors (Lipinski definition) is 1. The van der Waals surface area contributed by atoms with E-state index in [-0.39, 0.29) is 0 Å². The van der Waals surface area contributed by atoms with Gasteiger partial charge in [0.15, 0.2) is 0 Å². The van der Waals surface area contributed by atoms with Crippen LogP contribution in [0.15, 0.2) is 48.5 Å². The highest BCUT2D eigenvalue weighted by molar-refractivity contribution is 6.30. The summed E-state index contributed by atoms with van der Waals surface area (Å²) in [4.78, 5) is 2.34. The van der Waals surface area contributed by atoms with Crippen molar-refractivity contribution in [3.63, 3.8) is 0 Å². The Labute approximate surface area is 136 Å². The minimum atomic E-state index is 0.306. The van der Waals surface area contributed by atoms with E-state index in [0.717, 1.165) is 47.9 Å². The normalized spacial score (nSPS) is 16.0. The largest absolute Gasteiger partial charge is 0.397 e. The zero-order valence-corrected chi connectivity index (χ0v) is 13.3. The van der Waals surface area contributed by atoms with Gasteiger partial charge in [0.1, 0.15) is 0 Å². The second-order valence-electron chi connectivity index (χ2n) is 5.69. The summed E-state index contributed by atoms with van der Waals surface area (Å²) in [6, 6.07) is 15.9. The van der Waals surface area contributed by atoms with Gasteiger partial charge in [0.25, 0.3) is 0 Å². The lowest BCUT2D eigenvalue weighted by Crippen LogP contribution is -2.37. The Kier molecular flexibility index (Phi) is 4.86. The molecular weight excluding hydrogens is 296 g/mol. The Morgan fingerprint density at radius 3 is 2.59 bits per heavy atom. The highest BCUT2D eigenvalue weighted by Gasteiger charge is 2.20. The zero-order chi connectivity index (χ0) is 15.4. The van der Waals surface area contributed by atoms with Crippen LogP contribution in [0.5, 0.6) is 0 Å². The third-order valence-electron chi connectivity index (χ3n) is 4.09. The maximum Gasteiger partial charge on any atom is 0.0721 e. The van der Waals surface area contributed by atoms with E-state index in [1.165, 1.54) is 0 Å². The molecule has 0 aromatic heterocycles. The summed E-state index contributed by atoms with van der Waals surface area (Å²) in [5.41, 5.74) is 9.16. The highest BCUT2D eigenvalue weighted by Crippen LogP contribution is 2.27. The minimum absolute atomic E-state index is 0.306. The number of nitrogens with zero attached hydrogens (tertiary/aromatic N) is 1. The number of hydrogen-bond acceptors (Lipinski definition) is 3. The fraction of sp³-hybridized carbons (Fsp3) is 0.333. The van der Waals surface area contributed by atoms with Gasteiger partial charge in [-0.25, -0.2) is 0 Å². The van der Waals surface area contributed by atoms with Crippen molar-refractivity contribution in [2.75, 3.05) is 23.7 Å². The summed E-state index contributed by atoms with van der Waals surface area (Å²) in [6.45, 7) is 2.58. The molecule has 2 N–H and O–H groups in total. The molecule has 0 aliphatic carbocycles. The van der Waals surface area contributed by atoms with Crippen molar-refractivity contribution in [1.29, 1.82) is 0 Å². The first-order chi connectivity index (χ1) is 10.7. The molecule has 2 aromatic carbocycles. The molecule has 1 fully saturated rings. The summed E-state index contributed by atoms with van der Waals surface area (Å²) in [5, 5.41) is 0.760. The average Bonchev–Trinajstić information content (AvgIpc) is 2.54. The van der Waals surface area contributed by atoms with Crippen molar-refractivity contribution in [2.24, 2.45) is 0 Å². The minimum Gasteiger partial charge on any atom is -0.397 e. The van der Waals surface area contributed by atoms with Gasteiger partial charge in [0.2, 0.25) is 0 Å². The first-order valence-corrected chi connectivity index (χ1v) is 8.05. The Bertz CT molecular complexity index is 624. The molecule has 4 heteroatoms. The first-order valence-electron chi connectivity index (χ1n) is 7.68. The average molecular weight is 317 g/mol. The molecule has 1 aliphatic heterocycles. The monoisotopic (exact) mass is 316 g/mol. The zero-order valence-electron chi connectivity index (χ0n) is 12.5. The second kappa shape index (κ2) is 7.03. The fourth-order valence-electron chi connectivity index (χ4n) is 2.88. The summed E-state index contributed by atoms with van der Waals surface area (Å²) in [7, 11) is 0. The van der Waals surface area contributed by atoms with Crippen LogP contribution in [0.1, 0.15) is 18.4 Å². The second-order valence-corrected chi connectivity index (χ2v) is 6.12. The topological polar surface area (TPSA) is 38.5 Å². The predicted octanol–water partition coefficient (Wildman–Crippen LogP) is 4.11. The number of ether oxygens (including phenoxy) is 1. The number of piperidine rings is 1. The Balaban J connectivity index is 1.51. The van der Waals surface area contributed by atoms with Gasteiger partial charge < -0.3 is 15.4 Å². The molecule has 0 radical (unpaired) electrons. The van der Waals surface area contributed by atoms with E-state index >= 15 is 0 Å². The number of nitrogens with two attached hydrogens (primary N) is 1. The molecule has 22 heavy (non-hydrogen) atoms. The number of nitrogen functional groups attached to an aromatic ring is 1. The van der Waals surface area contributed by atoms with Gasteiger partial charge in [0.05, 0.1) is 24.1 Å². The lowest BCUT2D eigenvalue weighted by atomic mass is 10.1. The third-order valence-corrected chi connectivity index (χ3v) is 4.33. The molecule has 2 aromatic rings. The molecule has 1 saturated heterocycles. The SMILES string of the molecule is Nc1ccccc1N1CCC(OCc2cccc(Cl)c2)CC1. The van der Waals surface area contributed by atoms with E-state index in [0.29, 0.717) is 12.7 Å². The van der Waals surface area contributed by atoms with Gasteiger partial charge in [-0.1, -0.05) is 35.9 Å². The maximum atomic E-state index is 6.05. The molecule has 3 nitrogen and oxygen atoms in total. The predicted molar refractivity (Wildman–Crippen MR) is 92.3 cm³/mol. The van der Waals surface area contributed by atoms with Crippen LogP contribution in [0.2, 0.25) is 5.02 Å². The summed E-state index contributed by atoms with van der Waals surface area (Å²) >= 11 is 5.99. The van der Waals surface area contributed by atoms with Crippen molar-refractivity contribution in [1.82, 2.24) is 0 Å². The smallest absolute Gasteiger partial charge is 0.0721 e. The van der Waals surface area contributed by atoms with E-state index in [4.69, 9.17) is 22.1 Å². The molecule has 0 amide bonds. The van der Waals surface area contributed by atoms with Crippen LogP contribution in [-0.2, 0) is 11.3 Å². The van der Waals surface area contributed by atoms with E-state index in [2.05, 4.69) is 11.0 Å². The lowest BCUT2D eigenvalue weighted by molar-refractivity contribution is 0.0251. The van der Waals surface area contributed by atoms with Crippen LogP contribution in [0.3, 0.4) is 0 Å². The van der Waals surface area contributed by atoms with Crippen molar-refractivity contribution in [3.8, 4) is 0 Å². The molecule has 0 bridgehead atoms. The number of para-hydroxylation sites is 2. The number of rotatable bonds is 4. The van der Waals surface area contributed by atoms with Crippen LogP contribution in [-0.4, -0.2) is 19.2 Å². The fourth-order valence-corrected chi connectivity index (χ4v) is 3.09. The van der Waals surface area contributed by atoms with Gasteiger partial charge in [-0.2, -0.15) is 0 Å². The van der Waals surface area contributed by atoms with E-state index in [1.807, 2.05) is 42.5 Å². The molecule has 3 rings (SSSR count). The van der Waals surface area contributed by atoms with Crippen molar-refractivity contribution in [3.05, 3.63) is 59.1 Å². The van der Waals surface area contributed by atoms with Gasteiger partial charge in [0, 0.05) is 18.1 Å². The Hall–Kier alpha value is -1.71. The van der Waals surface area contributed by atoms with Crippen molar-refractivity contribution in [2.45, 2.75) is 25.6 Å². The van der Waals surface area contributed by atoms with Gasteiger partial charge in [-0.3, -0.25) is 0 Å². The standard InChI is InChI=1S/C18H21ClN2O/c19-15-5-3-4-14(12-15)13-22-16-8-10-21(11-9-16)18-7-2-1-6-17(18)20/h1-7,12,16H,8-11,13,20H2. The Morgan fingerprint density at radius 1 is 1.09 bits per heavy atom. The first kappa shape index (κ1) is 15.2.